The first-order chi connectivity index (χ1) is 11.7. The predicted molar refractivity (Wildman–Crippen MR) is 98.0 cm³/mol. The fourth-order valence-corrected chi connectivity index (χ4v) is 3.39. The molecule has 0 aliphatic rings. The van der Waals surface area contributed by atoms with Crippen LogP contribution in [0.3, 0.4) is 0 Å². The van der Waals surface area contributed by atoms with Crippen LogP contribution in [0.4, 0.5) is 0 Å². The fraction of sp³-hybridized carbons (Fsp3) is 0.316. The van der Waals surface area contributed by atoms with Gasteiger partial charge >= 0.3 is 0 Å². The lowest BCUT2D eigenvalue weighted by molar-refractivity contribution is 0.157. The number of nitrogens with zero attached hydrogens (tertiary/aromatic N) is 2. The maximum Gasteiger partial charge on any atom is 0.0896 e. The summed E-state index contributed by atoms with van der Waals surface area (Å²) in [7, 11) is 0. The summed E-state index contributed by atoms with van der Waals surface area (Å²) in [5.74, 6) is 0. The number of thiophene rings is 1. The first-order valence-corrected chi connectivity index (χ1v) is 9.09. The lowest BCUT2D eigenvalue weighted by Crippen LogP contribution is -2.27. The molecule has 2 atom stereocenters. The molecular formula is C19H23N3OS. The highest BCUT2D eigenvalue weighted by atomic mass is 32.1. The third-order valence-electron chi connectivity index (χ3n) is 3.98. The van der Waals surface area contributed by atoms with Gasteiger partial charge < -0.3 is 10.4 Å². The van der Waals surface area contributed by atoms with Gasteiger partial charge in [-0.05, 0) is 30.4 Å². The van der Waals surface area contributed by atoms with Crippen molar-refractivity contribution in [1.29, 1.82) is 0 Å². The molecule has 0 aliphatic carbocycles. The maximum atomic E-state index is 10.2. The summed E-state index contributed by atoms with van der Waals surface area (Å²) in [6, 6.07) is 14.5. The van der Waals surface area contributed by atoms with Crippen LogP contribution in [0.25, 0.3) is 0 Å². The van der Waals surface area contributed by atoms with E-state index in [1.54, 1.807) is 11.3 Å². The van der Waals surface area contributed by atoms with E-state index in [1.165, 1.54) is 5.56 Å². The van der Waals surface area contributed by atoms with Crippen LogP contribution in [-0.4, -0.2) is 20.9 Å². The number of hydrogen-bond donors (Lipinski definition) is 2. The zero-order chi connectivity index (χ0) is 16.8. The third kappa shape index (κ3) is 4.77. The average molecular weight is 341 g/mol. The number of aliphatic hydroxyl groups is 1. The van der Waals surface area contributed by atoms with E-state index in [4.69, 9.17) is 0 Å². The van der Waals surface area contributed by atoms with Gasteiger partial charge in [-0.25, -0.2) is 0 Å². The van der Waals surface area contributed by atoms with Crippen LogP contribution in [0.2, 0.25) is 0 Å². The lowest BCUT2D eigenvalue weighted by atomic mass is 10.1. The Kier molecular flexibility index (Phi) is 5.80. The maximum absolute atomic E-state index is 10.2. The molecule has 1 aromatic carbocycles. The van der Waals surface area contributed by atoms with E-state index in [-0.39, 0.29) is 6.04 Å². The van der Waals surface area contributed by atoms with Crippen molar-refractivity contribution in [3.8, 4) is 0 Å². The molecular weight excluding hydrogens is 318 g/mol. The number of aliphatic hydroxyl groups excluding tert-OH is 1. The molecule has 3 rings (SSSR count). The number of benzene rings is 1. The molecule has 0 fully saturated rings. The van der Waals surface area contributed by atoms with Gasteiger partial charge in [-0.3, -0.25) is 4.68 Å². The molecule has 0 spiro atoms. The lowest BCUT2D eigenvalue weighted by Gasteiger charge is -2.16. The summed E-state index contributed by atoms with van der Waals surface area (Å²) in [5, 5.41) is 20.1. The van der Waals surface area contributed by atoms with Gasteiger partial charge in [0.15, 0.2) is 0 Å². The van der Waals surface area contributed by atoms with Gasteiger partial charge in [0.2, 0.25) is 0 Å². The summed E-state index contributed by atoms with van der Waals surface area (Å²) < 4.78 is 1.96. The Morgan fingerprint density at radius 2 is 2.00 bits per heavy atom. The third-order valence-corrected chi connectivity index (χ3v) is 4.95. The minimum Gasteiger partial charge on any atom is -0.388 e. The van der Waals surface area contributed by atoms with Crippen molar-refractivity contribution in [2.75, 3.05) is 0 Å². The summed E-state index contributed by atoms with van der Waals surface area (Å²) in [6.45, 7) is 3.64. The molecule has 0 saturated carbocycles. The molecule has 24 heavy (non-hydrogen) atoms. The molecule has 2 heterocycles. The highest BCUT2D eigenvalue weighted by molar-refractivity contribution is 7.10. The van der Waals surface area contributed by atoms with E-state index in [0.29, 0.717) is 6.42 Å². The normalized spacial score (nSPS) is 13.8. The van der Waals surface area contributed by atoms with Gasteiger partial charge in [0.05, 0.1) is 18.8 Å². The van der Waals surface area contributed by atoms with Crippen molar-refractivity contribution in [2.45, 2.75) is 38.6 Å². The summed E-state index contributed by atoms with van der Waals surface area (Å²) in [6.07, 6.45) is 4.28. The molecule has 5 heteroatoms. The van der Waals surface area contributed by atoms with Gasteiger partial charge in [-0.15, -0.1) is 11.3 Å². The van der Waals surface area contributed by atoms with Crippen LogP contribution in [0.1, 0.15) is 35.5 Å². The van der Waals surface area contributed by atoms with Gasteiger partial charge in [0.25, 0.3) is 0 Å². The van der Waals surface area contributed by atoms with Crippen LogP contribution in [0.5, 0.6) is 0 Å². The van der Waals surface area contributed by atoms with Gasteiger partial charge in [0, 0.05) is 29.2 Å². The van der Waals surface area contributed by atoms with Crippen molar-refractivity contribution in [1.82, 2.24) is 15.1 Å². The molecule has 2 aromatic heterocycles. The van der Waals surface area contributed by atoms with Crippen molar-refractivity contribution >= 4 is 11.3 Å². The first kappa shape index (κ1) is 16.9. The fourth-order valence-electron chi connectivity index (χ4n) is 2.66. The van der Waals surface area contributed by atoms with Crippen LogP contribution < -0.4 is 5.32 Å². The molecule has 0 bridgehead atoms. The number of rotatable bonds is 8. The van der Waals surface area contributed by atoms with Crippen molar-refractivity contribution in [3.63, 3.8) is 0 Å². The zero-order valence-electron chi connectivity index (χ0n) is 13.8. The molecule has 126 valence electrons. The number of aromatic nitrogens is 2. The SMILES string of the molecule is CC(CC(O)c1cccs1)NCc1cnn(Cc2ccccc2)c1. The van der Waals surface area contributed by atoms with Crippen molar-refractivity contribution < 1.29 is 5.11 Å². The summed E-state index contributed by atoms with van der Waals surface area (Å²) in [5.41, 5.74) is 2.40. The van der Waals surface area contributed by atoms with Crippen LogP contribution in [0.15, 0.2) is 60.2 Å². The van der Waals surface area contributed by atoms with E-state index >= 15 is 0 Å². The second-order valence-electron chi connectivity index (χ2n) is 6.08. The number of nitrogens with one attached hydrogen (secondary N) is 1. The van der Waals surface area contributed by atoms with Gasteiger partial charge in [-0.1, -0.05) is 36.4 Å². The Hall–Kier alpha value is -1.95. The molecule has 4 nitrogen and oxygen atoms in total. The molecule has 2 N–H and O–H groups in total. The Balaban J connectivity index is 1.46. The van der Waals surface area contributed by atoms with Crippen molar-refractivity contribution in [3.05, 3.63) is 76.2 Å². The van der Waals surface area contributed by atoms with E-state index in [1.807, 2.05) is 46.6 Å². The van der Waals surface area contributed by atoms with Crippen LogP contribution >= 0.6 is 11.3 Å². The predicted octanol–water partition coefficient (Wildman–Crippen LogP) is 3.59. The molecule has 0 saturated heterocycles. The summed E-state index contributed by atoms with van der Waals surface area (Å²) in [4.78, 5) is 1.03. The molecule has 0 radical (unpaired) electrons. The molecule has 2 unspecified atom stereocenters. The minimum absolute atomic E-state index is 0.236. The van der Waals surface area contributed by atoms with Gasteiger partial charge in [-0.2, -0.15) is 5.10 Å². The largest absolute Gasteiger partial charge is 0.388 e. The zero-order valence-corrected chi connectivity index (χ0v) is 14.6. The first-order valence-electron chi connectivity index (χ1n) is 8.21. The second kappa shape index (κ2) is 8.24. The van der Waals surface area contributed by atoms with Crippen LogP contribution in [0, 0.1) is 0 Å². The quantitative estimate of drug-likeness (QED) is 0.658. The Morgan fingerprint density at radius 3 is 2.75 bits per heavy atom. The number of hydrogen-bond acceptors (Lipinski definition) is 4. The smallest absolute Gasteiger partial charge is 0.0896 e. The Bertz CT molecular complexity index is 724. The topological polar surface area (TPSA) is 50.1 Å². The second-order valence-corrected chi connectivity index (χ2v) is 7.06. The standard InChI is InChI=1S/C19H23N3OS/c1-15(10-18(23)19-8-5-9-24-19)20-11-17-12-21-22(14-17)13-16-6-3-2-4-7-16/h2-9,12,14-15,18,20,23H,10-11,13H2,1H3. The Labute approximate surface area is 146 Å². The van der Waals surface area contributed by atoms with E-state index in [0.717, 1.165) is 23.5 Å². The van der Waals surface area contributed by atoms with Crippen LogP contribution in [-0.2, 0) is 13.1 Å². The Morgan fingerprint density at radius 1 is 1.17 bits per heavy atom. The van der Waals surface area contributed by atoms with E-state index < -0.39 is 6.10 Å². The molecule has 0 aliphatic heterocycles. The average Bonchev–Trinajstić information content (AvgIpc) is 3.26. The summed E-state index contributed by atoms with van der Waals surface area (Å²) >= 11 is 1.60. The molecule has 3 aromatic rings. The van der Waals surface area contributed by atoms with Crippen molar-refractivity contribution in [2.24, 2.45) is 0 Å². The van der Waals surface area contributed by atoms with E-state index in [2.05, 4.69) is 35.7 Å². The highest BCUT2D eigenvalue weighted by Gasteiger charge is 2.13. The van der Waals surface area contributed by atoms with E-state index in [9.17, 15) is 5.11 Å². The molecule has 0 amide bonds. The minimum atomic E-state index is -0.395. The van der Waals surface area contributed by atoms with Gasteiger partial charge in [0.1, 0.15) is 0 Å². The highest BCUT2D eigenvalue weighted by Crippen LogP contribution is 2.22. The monoisotopic (exact) mass is 341 g/mol.